The van der Waals surface area contributed by atoms with Crippen LogP contribution in [0.25, 0.3) is 0 Å². The van der Waals surface area contributed by atoms with Crippen LogP contribution in [0.1, 0.15) is 51.7 Å². The molecule has 1 atom stereocenters. The first-order valence-electron chi connectivity index (χ1n) is 10.2. The molecule has 3 rings (SSSR count). The maximum absolute atomic E-state index is 12.8. The largest absolute Gasteiger partial charge is 0.371 e. The molecular formula is C24H35Cl2N3O. The van der Waals surface area contributed by atoms with E-state index >= 15 is 0 Å². The van der Waals surface area contributed by atoms with Crippen molar-refractivity contribution in [1.29, 1.82) is 0 Å². The number of hydrogen-bond donors (Lipinski definition) is 2. The number of carbonyl (C=O) groups excluding carboxylic acids is 1. The van der Waals surface area contributed by atoms with Crippen LogP contribution in [-0.4, -0.2) is 25.0 Å². The van der Waals surface area contributed by atoms with Crippen LogP contribution in [0.3, 0.4) is 0 Å². The Morgan fingerprint density at radius 1 is 0.900 bits per heavy atom. The average Bonchev–Trinajstić information content (AvgIpc) is 2.68. The summed E-state index contributed by atoms with van der Waals surface area (Å²) < 4.78 is 0. The number of benzene rings is 2. The molecule has 1 amide bonds. The van der Waals surface area contributed by atoms with Gasteiger partial charge in [0.05, 0.1) is 0 Å². The van der Waals surface area contributed by atoms with Crippen molar-refractivity contribution in [2.24, 2.45) is 5.73 Å². The van der Waals surface area contributed by atoms with Crippen LogP contribution in [0.2, 0.25) is 0 Å². The summed E-state index contributed by atoms with van der Waals surface area (Å²) in [5.74, 6) is -0.105. The van der Waals surface area contributed by atoms with E-state index in [4.69, 9.17) is 5.73 Å². The second-order valence-corrected chi connectivity index (χ2v) is 9.10. The molecule has 166 valence electrons. The second-order valence-electron chi connectivity index (χ2n) is 9.10. The fourth-order valence-electron chi connectivity index (χ4n) is 3.71. The van der Waals surface area contributed by atoms with Crippen LogP contribution in [0.5, 0.6) is 0 Å². The first-order chi connectivity index (χ1) is 13.2. The Kier molecular flexibility index (Phi) is 9.22. The molecule has 6 heteroatoms. The summed E-state index contributed by atoms with van der Waals surface area (Å²) in [7, 11) is 0. The van der Waals surface area contributed by atoms with E-state index in [1.54, 1.807) is 6.92 Å². The molecule has 0 saturated carbocycles. The summed E-state index contributed by atoms with van der Waals surface area (Å²) in [5.41, 5.74) is 8.94. The van der Waals surface area contributed by atoms with E-state index in [-0.39, 0.29) is 42.2 Å². The highest BCUT2D eigenvalue weighted by Crippen LogP contribution is 2.27. The predicted octanol–water partition coefficient (Wildman–Crippen LogP) is 4.79. The summed E-state index contributed by atoms with van der Waals surface area (Å²) in [6, 6.07) is 18.6. The zero-order valence-corrected chi connectivity index (χ0v) is 20.0. The molecule has 0 bridgehead atoms. The quantitative estimate of drug-likeness (QED) is 0.702. The highest BCUT2D eigenvalue weighted by Gasteiger charge is 2.32. The first kappa shape index (κ1) is 26.3. The molecule has 1 saturated heterocycles. The van der Waals surface area contributed by atoms with Gasteiger partial charge in [0.2, 0.25) is 5.91 Å². The van der Waals surface area contributed by atoms with E-state index in [9.17, 15) is 4.79 Å². The summed E-state index contributed by atoms with van der Waals surface area (Å²) >= 11 is 0. The van der Waals surface area contributed by atoms with Crippen molar-refractivity contribution >= 4 is 36.4 Å². The Morgan fingerprint density at radius 3 is 1.93 bits per heavy atom. The van der Waals surface area contributed by atoms with E-state index in [2.05, 4.69) is 55.3 Å². The number of anilines is 1. The Labute approximate surface area is 193 Å². The van der Waals surface area contributed by atoms with Crippen molar-refractivity contribution in [3.05, 3.63) is 65.7 Å². The van der Waals surface area contributed by atoms with Gasteiger partial charge in [-0.1, -0.05) is 63.2 Å². The standard InChI is InChI=1S/C24H33N3O.2ClH/c1-23(2,3)18-10-12-21(13-11-18)27-16-14-20(15-17-27)26-22(28)24(4,25)19-8-6-5-7-9-19;;/h5-13,20H,14-17,25H2,1-4H3,(H,26,28);2*1H. The third kappa shape index (κ3) is 6.13. The summed E-state index contributed by atoms with van der Waals surface area (Å²) in [5, 5.41) is 3.17. The molecule has 3 N–H and O–H groups in total. The third-order valence-electron chi connectivity index (χ3n) is 5.77. The average molecular weight is 452 g/mol. The molecule has 2 aromatic carbocycles. The van der Waals surface area contributed by atoms with Gasteiger partial charge in [0.1, 0.15) is 5.54 Å². The number of hydrogen-bond acceptors (Lipinski definition) is 3. The number of halogens is 2. The molecular weight excluding hydrogens is 417 g/mol. The van der Waals surface area contributed by atoms with Gasteiger partial charge in [0.25, 0.3) is 0 Å². The minimum absolute atomic E-state index is 0. The van der Waals surface area contributed by atoms with E-state index in [1.807, 2.05) is 30.3 Å². The number of nitrogens with one attached hydrogen (secondary N) is 1. The summed E-state index contributed by atoms with van der Waals surface area (Å²) in [4.78, 5) is 15.2. The molecule has 0 spiro atoms. The van der Waals surface area contributed by atoms with Crippen molar-refractivity contribution in [1.82, 2.24) is 5.32 Å². The van der Waals surface area contributed by atoms with E-state index in [0.717, 1.165) is 31.5 Å². The molecule has 1 heterocycles. The maximum atomic E-state index is 12.8. The zero-order chi connectivity index (χ0) is 20.4. The van der Waals surface area contributed by atoms with Gasteiger partial charge < -0.3 is 16.0 Å². The Morgan fingerprint density at radius 2 is 1.43 bits per heavy atom. The van der Waals surface area contributed by atoms with E-state index < -0.39 is 5.54 Å². The fourth-order valence-corrected chi connectivity index (χ4v) is 3.71. The van der Waals surface area contributed by atoms with Crippen LogP contribution in [0, 0.1) is 0 Å². The Hall–Kier alpha value is -1.75. The smallest absolute Gasteiger partial charge is 0.244 e. The minimum Gasteiger partial charge on any atom is -0.371 e. The van der Waals surface area contributed by atoms with Gasteiger partial charge in [0.15, 0.2) is 0 Å². The molecule has 1 aliphatic rings. The molecule has 2 aromatic rings. The normalized spacial score (nSPS) is 16.6. The minimum atomic E-state index is -1.01. The topological polar surface area (TPSA) is 58.4 Å². The van der Waals surface area contributed by atoms with Crippen molar-refractivity contribution in [2.75, 3.05) is 18.0 Å². The van der Waals surface area contributed by atoms with E-state index in [0.29, 0.717) is 0 Å². The Balaban J connectivity index is 0.00000225. The number of rotatable bonds is 4. The van der Waals surface area contributed by atoms with Gasteiger partial charge >= 0.3 is 0 Å². The lowest BCUT2D eigenvalue weighted by Crippen LogP contribution is -2.54. The Bertz CT molecular complexity index is 793. The van der Waals surface area contributed by atoms with Crippen molar-refractivity contribution in [3.8, 4) is 0 Å². The van der Waals surface area contributed by atoms with Gasteiger partial charge in [-0.2, -0.15) is 0 Å². The number of nitrogens with two attached hydrogens (primary N) is 1. The highest BCUT2D eigenvalue weighted by molar-refractivity contribution is 5.87. The highest BCUT2D eigenvalue weighted by atomic mass is 35.5. The maximum Gasteiger partial charge on any atom is 0.244 e. The number of amides is 1. The van der Waals surface area contributed by atoms with Crippen LogP contribution < -0.4 is 16.0 Å². The number of nitrogens with zero attached hydrogens (tertiary/aromatic N) is 1. The number of carbonyl (C=O) groups is 1. The van der Waals surface area contributed by atoms with Crippen LogP contribution in [0.15, 0.2) is 54.6 Å². The lowest BCUT2D eigenvalue weighted by molar-refractivity contribution is -0.127. The first-order valence-corrected chi connectivity index (χ1v) is 10.2. The molecule has 1 unspecified atom stereocenters. The molecule has 4 nitrogen and oxygen atoms in total. The second kappa shape index (κ2) is 10.5. The molecule has 0 aliphatic carbocycles. The van der Waals surface area contributed by atoms with Crippen LogP contribution in [-0.2, 0) is 15.7 Å². The van der Waals surface area contributed by atoms with Gasteiger partial charge in [-0.25, -0.2) is 0 Å². The van der Waals surface area contributed by atoms with Crippen LogP contribution in [0.4, 0.5) is 5.69 Å². The molecule has 1 aliphatic heterocycles. The van der Waals surface area contributed by atoms with Gasteiger partial charge in [0, 0.05) is 24.8 Å². The predicted molar refractivity (Wildman–Crippen MR) is 131 cm³/mol. The summed E-state index contributed by atoms with van der Waals surface area (Å²) in [6.07, 6.45) is 1.86. The monoisotopic (exact) mass is 451 g/mol. The van der Waals surface area contributed by atoms with Crippen molar-refractivity contribution < 1.29 is 4.79 Å². The van der Waals surface area contributed by atoms with Gasteiger partial charge in [-0.3, -0.25) is 4.79 Å². The lowest BCUT2D eigenvalue weighted by Gasteiger charge is -2.36. The van der Waals surface area contributed by atoms with Gasteiger partial charge in [-0.05, 0) is 48.4 Å². The van der Waals surface area contributed by atoms with Crippen molar-refractivity contribution in [3.63, 3.8) is 0 Å². The summed E-state index contributed by atoms with van der Waals surface area (Å²) in [6.45, 7) is 10.4. The molecule has 0 radical (unpaired) electrons. The third-order valence-corrected chi connectivity index (χ3v) is 5.77. The molecule has 30 heavy (non-hydrogen) atoms. The van der Waals surface area contributed by atoms with Crippen LogP contribution >= 0.6 is 24.8 Å². The van der Waals surface area contributed by atoms with Gasteiger partial charge in [-0.15, -0.1) is 24.8 Å². The lowest BCUT2D eigenvalue weighted by atomic mass is 9.87. The zero-order valence-electron chi connectivity index (χ0n) is 18.4. The SMILES string of the molecule is CC(C)(C)c1ccc(N2CCC(NC(=O)C(C)(N)c3ccccc3)CC2)cc1.Cl.Cl. The van der Waals surface area contributed by atoms with E-state index in [1.165, 1.54) is 11.3 Å². The molecule has 0 aromatic heterocycles. The number of piperidine rings is 1. The fraction of sp³-hybridized carbons (Fsp3) is 0.458. The molecule has 1 fully saturated rings. The van der Waals surface area contributed by atoms with Crippen molar-refractivity contribution in [2.45, 2.75) is 57.5 Å².